The van der Waals surface area contributed by atoms with Gasteiger partial charge in [-0.15, -0.1) is 0 Å². The lowest BCUT2D eigenvalue weighted by atomic mass is 9.73. The van der Waals surface area contributed by atoms with Gasteiger partial charge in [-0.1, -0.05) is 65.0 Å². The second-order valence-corrected chi connectivity index (χ2v) is 5.98. The molecule has 0 aromatic heterocycles. The van der Waals surface area contributed by atoms with Crippen LogP contribution in [0.4, 0.5) is 0 Å². The Morgan fingerprint density at radius 1 is 1.17 bits per heavy atom. The van der Waals surface area contributed by atoms with Crippen molar-refractivity contribution in [3.05, 3.63) is 0 Å². The van der Waals surface area contributed by atoms with Crippen molar-refractivity contribution in [2.24, 2.45) is 5.41 Å². The van der Waals surface area contributed by atoms with Crippen LogP contribution in [0, 0.1) is 5.41 Å². The Morgan fingerprint density at radius 2 is 1.58 bits per heavy atom. The first-order valence-corrected chi connectivity index (χ1v) is 5.10. The van der Waals surface area contributed by atoms with Crippen molar-refractivity contribution in [2.75, 3.05) is 0 Å². The molecule has 0 aromatic carbocycles. The summed E-state index contributed by atoms with van der Waals surface area (Å²) in [5, 5.41) is 0.992. The highest BCUT2D eigenvalue weighted by Crippen LogP contribution is 2.72. The zero-order valence-corrected chi connectivity index (χ0v) is 9.49. The van der Waals surface area contributed by atoms with Crippen molar-refractivity contribution >= 4 is 7.28 Å². The second kappa shape index (κ2) is 2.53. The zero-order valence-electron chi connectivity index (χ0n) is 9.49. The highest BCUT2D eigenvalue weighted by molar-refractivity contribution is 6.59. The molecule has 0 spiro atoms. The second-order valence-electron chi connectivity index (χ2n) is 5.98. The minimum Gasteiger partial charge on any atom is -0.0673 e. The molecule has 0 bridgehead atoms. The van der Waals surface area contributed by atoms with Crippen LogP contribution in [-0.2, 0) is 0 Å². The number of hydrogen-bond acceptors (Lipinski definition) is 0. The van der Waals surface area contributed by atoms with Gasteiger partial charge in [0.2, 0.25) is 0 Å². The molecule has 0 nitrogen and oxygen atoms in total. The lowest BCUT2D eigenvalue weighted by Crippen LogP contribution is -2.13. The Balaban J connectivity index is 2.54. The van der Waals surface area contributed by atoms with Crippen LogP contribution in [-0.4, -0.2) is 7.28 Å². The fourth-order valence-electron chi connectivity index (χ4n) is 2.16. The van der Waals surface area contributed by atoms with E-state index in [-0.39, 0.29) is 0 Å². The Morgan fingerprint density at radius 3 is 1.83 bits per heavy atom. The van der Waals surface area contributed by atoms with E-state index in [0.717, 1.165) is 0 Å². The van der Waals surface area contributed by atoms with Gasteiger partial charge in [0, 0.05) is 0 Å². The quantitative estimate of drug-likeness (QED) is 0.556. The topological polar surface area (TPSA) is 0 Å². The molecule has 69 valence electrons. The van der Waals surface area contributed by atoms with E-state index in [1.165, 1.54) is 12.8 Å². The van der Waals surface area contributed by atoms with E-state index < -0.39 is 0 Å². The van der Waals surface area contributed by atoms with E-state index in [4.69, 9.17) is 0 Å². The summed E-state index contributed by atoms with van der Waals surface area (Å²) in [6.07, 6.45) is 2.62. The molecule has 0 aromatic rings. The summed E-state index contributed by atoms with van der Waals surface area (Å²) < 4.78 is 0. The molecule has 1 radical (unpaired) electrons. The van der Waals surface area contributed by atoms with Gasteiger partial charge >= 0.3 is 0 Å². The molecule has 1 atom stereocenters. The first kappa shape index (κ1) is 10.1. The van der Waals surface area contributed by atoms with Crippen LogP contribution in [0.1, 0.15) is 54.4 Å². The van der Waals surface area contributed by atoms with Crippen LogP contribution in [0.25, 0.3) is 0 Å². The molecule has 0 amide bonds. The molecule has 1 heterocycles. The monoisotopic (exact) mass is 165 g/mol. The maximum Gasteiger partial charge on any atom is 0.124 e. The van der Waals surface area contributed by atoms with Crippen LogP contribution in [0.15, 0.2) is 0 Å². The Hall–Kier alpha value is 0.0649. The van der Waals surface area contributed by atoms with Crippen LogP contribution in [0.2, 0.25) is 10.6 Å². The van der Waals surface area contributed by atoms with Gasteiger partial charge in [0.25, 0.3) is 0 Å². The van der Waals surface area contributed by atoms with Gasteiger partial charge in [0.15, 0.2) is 0 Å². The molecule has 1 saturated heterocycles. The summed E-state index contributed by atoms with van der Waals surface area (Å²) in [5.74, 6) is 0. The smallest absolute Gasteiger partial charge is 0.0673 e. The molecule has 0 aliphatic carbocycles. The van der Waals surface area contributed by atoms with E-state index >= 15 is 0 Å². The molecule has 1 heteroatoms. The molecular formula is C11H22B. The third kappa shape index (κ3) is 1.70. The van der Waals surface area contributed by atoms with Crippen LogP contribution in [0.3, 0.4) is 0 Å². The average Bonchev–Trinajstić information content (AvgIpc) is 2.30. The standard InChI is InChI=1S/C11H22B/c1-7-9(2,3)8-11(6)10(4,5)12-11/h7-8H2,1-6H3. The predicted octanol–water partition coefficient (Wildman–Crippen LogP) is 3.91. The highest BCUT2D eigenvalue weighted by atomic mass is 14.5. The lowest BCUT2D eigenvalue weighted by Gasteiger charge is -2.29. The number of hydrogen-bond donors (Lipinski definition) is 0. The molecule has 1 rings (SSSR count). The predicted molar refractivity (Wildman–Crippen MR) is 56.9 cm³/mol. The Labute approximate surface area is 78.4 Å². The first-order valence-electron chi connectivity index (χ1n) is 5.10. The fraction of sp³-hybridized carbons (Fsp3) is 1.00. The molecule has 1 fully saturated rings. The van der Waals surface area contributed by atoms with Crippen molar-refractivity contribution in [3.8, 4) is 0 Å². The van der Waals surface area contributed by atoms with Gasteiger partial charge in [-0.25, -0.2) is 0 Å². The lowest BCUT2D eigenvalue weighted by molar-refractivity contribution is 0.280. The Kier molecular flexibility index (Phi) is 2.14. The summed E-state index contributed by atoms with van der Waals surface area (Å²) in [6.45, 7) is 14.1. The molecule has 12 heavy (non-hydrogen) atoms. The summed E-state index contributed by atoms with van der Waals surface area (Å²) >= 11 is 0. The van der Waals surface area contributed by atoms with E-state index in [0.29, 0.717) is 16.0 Å². The van der Waals surface area contributed by atoms with Gasteiger partial charge in [-0.05, 0) is 5.41 Å². The maximum absolute atomic E-state index is 2.50. The van der Waals surface area contributed by atoms with Gasteiger partial charge in [-0.3, -0.25) is 0 Å². The molecule has 1 aliphatic heterocycles. The van der Waals surface area contributed by atoms with Crippen molar-refractivity contribution in [1.29, 1.82) is 0 Å². The largest absolute Gasteiger partial charge is 0.124 e. The van der Waals surface area contributed by atoms with Crippen molar-refractivity contribution in [2.45, 2.75) is 65.0 Å². The van der Waals surface area contributed by atoms with Gasteiger partial charge in [0.1, 0.15) is 7.28 Å². The third-order valence-electron chi connectivity index (χ3n) is 3.87. The maximum atomic E-state index is 2.50. The zero-order chi connectivity index (χ0) is 9.62. The normalized spacial score (nSPS) is 32.8. The van der Waals surface area contributed by atoms with Crippen molar-refractivity contribution < 1.29 is 0 Å². The van der Waals surface area contributed by atoms with Crippen LogP contribution < -0.4 is 0 Å². The SMILES string of the molecule is CCC(C)(C)CC1(C)[B]C1(C)C. The Bertz CT molecular complexity index is 181. The van der Waals surface area contributed by atoms with Gasteiger partial charge in [0.05, 0.1) is 0 Å². The van der Waals surface area contributed by atoms with Gasteiger partial charge in [-0.2, -0.15) is 0 Å². The minimum absolute atomic E-state index is 0.486. The first-order chi connectivity index (χ1) is 5.22. The van der Waals surface area contributed by atoms with Crippen molar-refractivity contribution in [3.63, 3.8) is 0 Å². The summed E-state index contributed by atoms with van der Waals surface area (Å²) in [5.41, 5.74) is 0.513. The molecule has 1 aliphatic rings. The van der Waals surface area contributed by atoms with E-state index in [1.54, 1.807) is 0 Å². The minimum atomic E-state index is 0.486. The highest BCUT2D eigenvalue weighted by Gasteiger charge is 2.58. The molecular weight excluding hydrogens is 143 g/mol. The van der Waals surface area contributed by atoms with E-state index in [2.05, 4.69) is 48.8 Å². The van der Waals surface area contributed by atoms with E-state index in [1.807, 2.05) is 0 Å². The summed E-state index contributed by atoms with van der Waals surface area (Å²) in [4.78, 5) is 0. The summed E-state index contributed by atoms with van der Waals surface area (Å²) in [7, 11) is 2.50. The fourth-order valence-corrected chi connectivity index (χ4v) is 2.16. The van der Waals surface area contributed by atoms with Crippen LogP contribution >= 0.6 is 0 Å². The average molecular weight is 165 g/mol. The summed E-state index contributed by atoms with van der Waals surface area (Å²) in [6, 6.07) is 0. The molecule has 1 unspecified atom stereocenters. The van der Waals surface area contributed by atoms with Crippen molar-refractivity contribution in [1.82, 2.24) is 0 Å². The molecule has 0 saturated carbocycles. The number of rotatable bonds is 3. The van der Waals surface area contributed by atoms with E-state index in [9.17, 15) is 0 Å². The van der Waals surface area contributed by atoms with Crippen LogP contribution in [0.5, 0.6) is 0 Å². The third-order valence-corrected chi connectivity index (χ3v) is 3.87. The molecule has 0 N–H and O–H groups in total. The van der Waals surface area contributed by atoms with Gasteiger partial charge < -0.3 is 0 Å².